The van der Waals surface area contributed by atoms with E-state index in [1.165, 1.54) is 30.4 Å². The summed E-state index contributed by atoms with van der Waals surface area (Å²) >= 11 is 1.29. The second-order valence-electron chi connectivity index (χ2n) is 11.7. The molecule has 4 aromatic rings. The number of carbonyl (C=O) groups is 2. The van der Waals surface area contributed by atoms with Gasteiger partial charge in [0.15, 0.2) is 10.9 Å². The Bertz CT molecular complexity index is 1690. The number of amides is 2. The van der Waals surface area contributed by atoms with Crippen molar-refractivity contribution in [1.82, 2.24) is 19.9 Å². The number of halogens is 3. The van der Waals surface area contributed by atoms with Crippen LogP contribution in [0.4, 0.5) is 29.0 Å². The molecule has 2 amide bonds. The number of thiazole rings is 1. The Morgan fingerprint density at radius 1 is 1.07 bits per heavy atom. The van der Waals surface area contributed by atoms with Crippen LogP contribution in [0.15, 0.2) is 48.5 Å². The number of alkyl halides is 3. The molecule has 45 heavy (non-hydrogen) atoms. The van der Waals surface area contributed by atoms with Crippen molar-refractivity contribution in [3.8, 4) is 22.9 Å². The maximum atomic E-state index is 13.2. The van der Waals surface area contributed by atoms with Gasteiger partial charge in [-0.05, 0) is 63.8 Å². The average Bonchev–Trinajstić information content (AvgIpc) is 3.38. The number of para-hydroxylation sites is 1. The molecule has 1 fully saturated rings. The number of anilines is 2. The van der Waals surface area contributed by atoms with Crippen molar-refractivity contribution >= 4 is 44.6 Å². The van der Waals surface area contributed by atoms with Gasteiger partial charge in [0.1, 0.15) is 11.1 Å². The van der Waals surface area contributed by atoms with Gasteiger partial charge in [-0.2, -0.15) is 18.2 Å². The number of hydrogen-bond acceptors (Lipinski definition) is 9. The Kier molecular flexibility index (Phi) is 9.14. The zero-order chi connectivity index (χ0) is 32.4. The number of likely N-dealkylation sites (tertiary alicyclic amines) is 1. The van der Waals surface area contributed by atoms with Gasteiger partial charge in [0.25, 0.3) is 0 Å². The van der Waals surface area contributed by atoms with E-state index in [0.717, 1.165) is 29.7 Å². The van der Waals surface area contributed by atoms with Crippen LogP contribution in [0.5, 0.6) is 11.6 Å². The molecule has 1 aliphatic rings. The zero-order valence-corrected chi connectivity index (χ0v) is 26.0. The normalized spacial score (nSPS) is 15.5. The first-order valence-corrected chi connectivity index (χ1v) is 15.2. The van der Waals surface area contributed by atoms with E-state index in [2.05, 4.69) is 25.6 Å². The van der Waals surface area contributed by atoms with Gasteiger partial charge in [0.2, 0.25) is 17.7 Å². The van der Waals surface area contributed by atoms with E-state index >= 15 is 0 Å². The molecule has 0 bridgehead atoms. The molecule has 0 aliphatic carbocycles. The third kappa shape index (κ3) is 8.38. The van der Waals surface area contributed by atoms with Gasteiger partial charge in [0.05, 0.1) is 16.0 Å². The predicted octanol–water partition coefficient (Wildman–Crippen LogP) is 7.58. The van der Waals surface area contributed by atoms with E-state index in [4.69, 9.17) is 9.47 Å². The number of aromatic nitrogens is 3. The highest BCUT2D eigenvalue weighted by Crippen LogP contribution is 2.36. The predicted molar refractivity (Wildman–Crippen MR) is 165 cm³/mol. The Hall–Kier alpha value is -4.46. The first kappa shape index (κ1) is 31.9. The van der Waals surface area contributed by atoms with Crippen molar-refractivity contribution in [3.05, 3.63) is 54.1 Å². The molecule has 0 saturated carbocycles. The van der Waals surface area contributed by atoms with Crippen LogP contribution >= 0.6 is 11.3 Å². The van der Waals surface area contributed by atoms with E-state index < -0.39 is 17.3 Å². The molecular formula is C31H33F3N6O4S. The fraction of sp³-hybridized carbons (Fsp3) is 0.387. The molecular weight excluding hydrogens is 609 g/mol. The maximum Gasteiger partial charge on any atom is 0.416 e. The Morgan fingerprint density at radius 2 is 1.82 bits per heavy atom. The van der Waals surface area contributed by atoms with Gasteiger partial charge >= 0.3 is 12.3 Å². The lowest BCUT2D eigenvalue weighted by atomic mass is 9.98. The number of ether oxygens (including phenoxy) is 2. The number of benzene rings is 2. The fourth-order valence-corrected chi connectivity index (χ4v) is 5.75. The number of hydrogen-bond donors (Lipinski definition) is 2. The van der Waals surface area contributed by atoms with E-state index in [-0.39, 0.29) is 29.7 Å². The largest absolute Gasteiger partial charge is 0.444 e. The summed E-state index contributed by atoms with van der Waals surface area (Å²) in [7, 11) is 0. The highest BCUT2D eigenvalue weighted by Gasteiger charge is 2.30. The minimum absolute atomic E-state index is 0.0879. The lowest BCUT2D eigenvalue weighted by Crippen LogP contribution is -2.44. The summed E-state index contributed by atoms with van der Waals surface area (Å²) in [6, 6.07) is 11.6. The zero-order valence-electron chi connectivity index (χ0n) is 25.2. The van der Waals surface area contributed by atoms with Crippen molar-refractivity contribution in [3.63, 3.8) is 0 Å². The number of fused-ring (bicyclic) bond motifs is 1. The Morgan fingerprint density at radius 3 is 2.51 bits per heavy atom. The van der Waals surface area contributed by atoms with Crippen LogP contribution in [0.2, 0.25) is 0 Å². The average molecular weight is 643 g/mol. The molecule has 2 N–H and O–H groups in total. The third-order valence-electron chi connectivity index (χ3n) is 6.81. The van der Waals surface area contributed by atoms with Gasteiger partial charge in [-0.25, -0.2) is 14.8 Å². The number of rotatable bonds is 7. The second-order valence-corrected chi connectivity index (χ2v) is 12.7. The number of piperidine rings is 1. The van der Waals surface area contributed by atoms with Gasteiger partial charge in [-0.1, -0.05) is 29.5 Å². The minimum atomic E-state index is -4.47. The summed E-state index contributed by atoms with van der Waals surface area (Å²) in [4.78, 5) is 39.5. The van der Waals surface area contributed by atoms with Crippen LogP contribution in [0.25, 0.3) is 21.5 Å². The van der Waals surface area contributed by atoms with E-state index in [1.54, 1.807) is 23.1 Å². The molecule has 0 spiro atoms. The van der Waals surface area contributed by atoms with Gasteiger partial charge in [-0.15, -0.1) is 0 Å². The topological polar surface area (TPSA) is 119 Å². The monoisotopic (exact) mass is 642 g/mol. The summed E-state index contributed by atoms with van der Waals surface area (Å²) in [6.07, 6.45) is -3.15. The first-order chi connectivity index (χ1) is 21.2. The van der Waals surface area contributed by atoms with E-state index in [0.29, 0.717) is 47.3 Å². The van der Waals surface area contributed by atoms with E-state index in [9.17, 15) is 22.8 Å². The molecule has 10 nitrogen and oxygen atoms in total. The van der Waals surface area contributed by atoms with Crippen LogP contribution in [0, 0.1) is 5.92 Å². The molecule has 2 aromatic heterocycles. The van der Waals surface area contributed by atoms with Gasteiger partial charge in [0, 0.05) is 38.2 Å². The summed E-state index contributed by atoms with van der Waals surface area (Å²) < 4.78 is 52.1. The number of nitrogens with one attached hydrogen (secondary N) is 2. The van der Waals surface area contributed by atoms with Crippen LogP contribution in [-0.2, 0) is 15.7 Å². The van der Waals surface area contributed by atoms with Crippen LogP contribution in [-0.4, -0.2) is 57.1 Å². The van der Waals surface area contributed by atoms with Crippen molar-refractivity contribution in [2.75, 3.05) is 30.3 Å². The van der Waals surface area contributed by atoms with Crippen LogP contribution in [0.3, 0.4) is 0 Å². The smallest absolute Gasteiger partial charge is 0.416 e. The molecule has 238 valence electrons. The van der Waals surface area contributed by atoms with E-state index in [1.807, 2.05) is 26.8 Å². The van der Waals surface area contributed by atoms with Crippen LogP contribution < -0.4 is 15.4 Å². The molecule has 1 aliphatic heterocycles. The molecule has 1 atom stereocenters. The van der Waals surface area contributed by atoms with Crippen molar-refractivity contribution < 1.29 is 32.2 Å². The standard InChI is InChI=1S/C31H33F3N6O4S/c1-18(41)36-28-39-26-23(8-5-9-24(26)45-28)43-25-15-22(20-10-12-21(13-11-20)31(32,33)34)37-27(38-25)35-16-19-7-6-14-40(17-19)29(42)44-30(2,3)4/h5,8-13,15,19H,6-7,14,16-17H2,1-4H3,(H,35,37,38)(H,36,39,41)/t19-/m1/s1. The summed E-state index contributed by atoms with van der Waals surface area (Å²) in [5.41, 5.74) is -0.0711. The van der Waals surface area contributed by atoms with Gasteiger partial charge < -0.3 is 25.0 Å². The quantitative estimate of drug-likeness (QED) is 0.212. The van der Waals surface area contributed by atoms with Gasteiger partial charge in [-0.3, -0.25) is 4.79 Å². The van der Waals surface area contributed by atoms with Crippen molar-refractivity contribution in [2.24, 2.45) is 5.92 Å². The molecule has 0 unspecified atom stereocenters. The number of carbonyl (C=O) groups excluding carboxylic acids is 2. The number of nitrogens with zero attached hydrogens (tertiary/aromatic N) is 4. The lowest BCUT2D eigenvalue weighted by Gasteiger charge is -2.34. The molecule has 2 aromatic carbocycles. The summed E-state index contributed by atoms with van der Waals surface area (Å²) in [5, 5.41) is 6.32. The molecule has 14 heteroatoms. The SMILES string of the molecule is CC(=O)Nc1nc2c(Oc3cc(-c4ccc(C(F)(F)F)cc4)nc(NC[C@H]4CCCN(C(=O)OC(C)(C)C)C4)n3)cccc2s1. The molecule has 0 radical (unpaired) electrons. The lowest BCUT2D eigenvalue weighted by molar-refractivity contribution is -0.137. The highest BCUT2D eigenvalue weighted by atomic mass is 32.1. The molecule has 5 rings (SSSR count). The van der Waals surface area contributed by atoms with Crippen LogP contribution in [0.1, 0.15) is 46.1 Å². The maximum absolute atomic E-state index is 13.2. The van der Waals surface area contributed by atoms with Crippen molar-refractivity contribution in [2.45, 2.75) is 52.3 Å². The first-order valence-electron chi connectivity index (χ1n) is 14.4. The minimum Gasteiger partial charge on any atom is -0.444 e. The highest BCUT2D eigenvalue weighted by molar-refractivity contribution is 7.22. The second kappa shape index (κ2) is 12.9. The fourth-order valence-electron chi connectivity index (χ4n) is 4.82. The summed E-state index contributed by atoms with van der Waals surface area (Å²) in [5.74, 6) is 0.564. The van der Waals surface area contributed by atoms with Crippen molar-refractivity contribution in [1.29, 1.82) is 0 Å². The third-order valence-corrected chi connectivity index (χ3v) is 7.75. The Labute approximate surface area is 262 Å². The Balaban J connectivity index is 1.41. The molecule has 1 saturated heterocycles. The molecule has 3 heterocycles. The summed E-state index contributed by atoms with van der Waals surface area (Å²) in [6.45, 7) is 8.41.